The normalized spacial score (nSPS) is 13.7. The summed E-state index contributed by atoms with van der Waals surface area (Å²) in [5.41, 5.74) is 9.84. The van der Waals surface area contributed by atoms with E-state index in [4.69, 9.17) is 5.73 Å². The van der Waals surface area contributed by atoms with Crippen molar-refractivity contribution in [1.82, 2.24) is 4.98 Å². The Morgan fingerprint density at radius 1 is 1.28 bits per heavy atom. The monoisotopic (exact) mass is 351 g/mol. The van der Waals surface area contributed by atoms with E-state index in [-0.39, 0.29) is 11.7 Å². The van der Waals surface area contributed by atoms with Gasteiger partial charge >= 0.3 is 0 Å². The molecule has 1 aliphatic carbocycles. The summed E-state index contributed by atoms with van der Waals surface area (Å²) < 4.78 is 0. The zero-order valence-electron chi connectivity index (χ0n) is 13.8. The van der Waals surface area contributed by atoms with Crippen LogP contribution in [0.2, 0.25) is 0 Å². The minimum atomic E-state index is -0.254. The maximum atomic E-state index is 12.6. The summed E-state index contributed by atoms with van der Waals surface area (Å²) in [6.45, 7) is 1.97. The van der Waals surface area contributed by atoms with Crippen LogP contribution in [0.4, 0.5) is 11.4 Å². The second-order valence-electron chi connectivity index (χ2n) is 6.28. The number of carbonyl (C=O) groups excluding carboxylic acids is 2. The van der Waals surface area contributed by atoms with Crippen molar-refractivity contribution in [3.63, 3.8) is 0 Å². The van der Waals surface area contributed by atoms with Crippen molar-refractivity contribution in [2.75, 3.05) is 11.1 Å². The van der Waals surface area contributed by atoms with Crippen LogP contribution in [0.5, 0.6) is 0 Å². The number of fused-ring (bicyclic) bond motifs is 2. The molecule has 2 aromatic heterocycles. The van der Waals surface area contributed by atoms with Crippen molar-refractivity contribution in [2.45, 2.75) is 26.2 Å². The van der Waals surface area contributed by atoms with Gasteiger partial charge in [-0.2, -0.15) is 0 Å². The number of carbonyl (C=O) groups is 2. The third-order valence-electron chi connectivity index (χ3n) is 4.40. The fourth-order valence-corrected chi connectivity index (χ4v) is 4.13. The highest BCUT2D eigenvalue weighted by molar-refractivity contribution is 7.21. The standard InChI is InChI=1S/C19H17N3O2S/c1-10-4-2-5-11(8-10)21-18(24)17-16(20)13-9-12-14(22-19(13)25-17)6-3-7-15(12)23/h2,4-5,8-9H,3,6-7,20H2,1H3,(H,21,24). The molecule has 3 aromatic rings. The predicted molar refractivity (Wildman–Crippen MR) is 100 cm³/mol. The number of rotatable bonds is 2. The number of nitrogens with one attached hydrogen (secondary N) is 1. The molecule has 0 spiro atoms. The molecule has 0 radical (unpaired) electrons. The minimum Gasteiger partial charge on any atom is -0.397 e. The van der Waals surface area contributed by atoms with Crippen molar-refractivity contribution in [3.05, 3.63) is 52.0 Å². The molecule has 1 amide bonds. The molecule has 2 heterocycles. The highest BCUT2D eigenvalue weighted by atomic mass is 32.1. The molecular formula is C19H17N3O2S. The SMILES string of the molecule is Cc1cccc(NC(=O)c2sc3nc4c(cc3c2N)C(=O)CCC4)c1. The summed E-state index contributed by atoms with van der Waals surface area (Å²) in [6.07, 6.45) is 2.16. The van der Waals surface area contributed by atoms with Gasteiger partial charge in [-0.25, -0.2) is 4.98 Å². The number of hydrogen-bond donors (Lipinski definition) is 2. The molecule has 1 aromatic carbocycles. The van der Waals surface area contributed by atoms with Gasteiger partial charge in [-0.3, -0.25) is 9.59 Å². The quantitative estimate of drug-likeness (QED) is 0.732. The smallest absolute Gasteiger partial charge is 0.267 e. The van der Waals surface area contributed by atoms with Crippen LogP contribution in [-0.4, -0.2) is 16.7 Å². The van der Waals surface area contributed by atoms with Crippen molar-refractivity contribution in [2.24, 2.45) is 0 Å². The Hall–Kier alpha value is -2.73. The van der Waals surface area contributed by atoms with Gasteiger partial charge in [-0.1, -0.05) is 12.1 Å². The first kappa shape index (κ1) is 15.8. The van der Waals surface area contributed by atoms with Gasteiger partial charge in [0.05, 0.1) is 11.4 Å². The lowest BCUT2D eigenvalue weighted by molar-refractivity contribution is 0.0970. The van der Waals surface area contributed by atoms with E-state index >= 15 is 0 Å². The highest BCUT2D eigenvalue weighted by Gasteiger charge is 2.23. The van der Waals surface area contributed by atoms with Gasteiger partial charge in [0, 0.05) is 23.1 Å². The van der Waals surface area contributed by atoms with E-state index in [1.165, 1.54) is 11.3 Å². The van der Waals surface area contributed by atoms with E-state index in [1.807, 2.05) is 31.2 Å². The van der Waals surface area contributed by atoms with Gasteiger partial charge in [-0.15, -0.1) is 11.3 Å². The third-order valence-corrected chi connectivity index (χ3v) is 5.51. The van der Waals surface area contributed by atoms with Crippen LogP contribution >= 0.6 is 11.3 Å². The zero-order valence-corrected chi connectivity index (χ0v) is 14.6. The molecule has 0 aliphatic heterocycles. The number of anilines is 2. The molecule has 0 bridgehead atoms. The van der Waals surface area contributed by atoms with Crippen molar-refractivity contribution in [3.8, 4) is 0 Å². The van der Waals surface area contributed by atoms with Crippen molar-refractivity contribution < 1.29 is 9.59 Å². The highest BCUT2D eigenvalue weighted by Crippen LogP contribution is 2.35. The van der Waals surface area contributed by atoms with Crippen LogP contribution in [0.25, 0.3) is 10.2 Å². The van der Waals surface area contributed by atoms with E-state index < -0.39 is 0 Å². The first-order valence-electron chi connectivity index (χ1n) is 8.16. The van der Waals surface area contributed by atoms with E-state index in [1.54, 1.807) is 6.07 Å². The number of nitrogen functional groups attached to an aromatic ring is 1. The number of pyridine rings is 1. The third kappa shape index (κ3) is 2.78. The summed E-state index contributed by atoms with van der Waals surface area (Å²) in [4.78, 5) is 30.5. The van der Waals surface area contributed by atoms with E-state index in [0.717, 1.165) is 29.8 Å². The molecule has 0 saturated carbocycles. The lowest BCUT2D eigenvalue weighted by atomic mass is 9.94. The van der Waals surface area contributed by atoms with E-state index in [2.05, 4.69) is 10.3 Å². The van der Waals surface area contributed by atoms with Crippen LogP contribution in [0.3, 0.4) is 0 Å². The van der Waals surface area contributed by atoms with Gasteiger partial charge in [0.1, 0.15) is 9.71 Å². The molecule has 6 heteroatoms. The Balaban J connectivity index is 1.74. The lowest BCUT2D eigenvalue weighted by Gasteiger charge is -2.13. The number of nitrogens with zero attached hydrogens (tertiary/aromatic N) is 1. The maximum absolute atomic E-state index is 12.6. The molecule has 0 saturated heterocycles. The fourth-order valence-electron chi connectivity index (χ4n) is 3.14. The van der Waals surface area contributed by atoms with Crippen LogP contribution in [0.15, 0.2) is 30.3 Å². The number of aryl methyl sites for hydroxylation is 2. The largest absolute Gasteiger partial charge is 0.397 e. The Morgan fingerprint density at radius 3 is 2.92 bits per heavy atom. The Labute approximate surface area is 148 Å². The van der Waals surface area contributed by atoms with Gasteiger partial charge in [-0.05, 0) is 43.5 Å². The minimum absolute atomic E-state index is 0.104. The van der Waals surface area contributed by atoms with Gasteiger partial charge in [0.15, 0.2) is 5.78 Å². The second-order valence-corrected chi connectivity index (χ2v) is 7.28. The summed E-state index contributed by atoms with van der Waals surface area (Å²) in [6, 6.07) is 9.39. The van der Waals surface area contributed by atoms with E-state index in [0.29, 0.717) is 32.8 Å². The molecular weight excluding hydrogens is 334 g/mol. The summed E-state index contributed by atoms with van der Waals surface area (Å²) in [7, 11) is 0. The number of Topliss-reactive ketones (excluding diaryl/α,β-unsaturated/α-hetero) is 1. The van der Waals surface area contributed by atoms with Crippen LogP contribution in [0, 0.1) is 6.92 Å². The average Bonchev–Trinajstić information content (AvgIpc) is 2.90. The Kier molecular flexibility index (Phi) is 3.77. The maximum Gasteiger partial charge on any atom is 0.267 e. The van der Waals surface area contributed by atoms with Crippen LogP contribution in [-0.2, 0) is 6.42 Å². The number of ketones is 1. The Bertz CT molecular complexity index is 1020. The van der Waals surface area contributed by atoms with Gasteiger partial charge < -0.3 is 11.1 Å². The van der Waals surface area contributed by atoms with Gasteiger partial charge in [0.25, 0.3) is 5.91 Å². The second kappa shape index (κ2) is 5.97. The number of thiophene rings is 1. The summed E-state index contributed by atoms with van der Waals surface area (Å²) >= 11 is 1.27. The molecule has 0 fully saturated rings. The van der Waals surface area contributed by atoms with E-state index in [9.17, 15) is 9.59 Å². The fraction of sp³-hybridized carbons (Fsp3) is 0.211. The molecule has 0 unspecified atom stereocenters. The summed E-state index contributed by atoms with van der Waals surface area (Å²) in [5.74, 6) is -0.151. The molecule has 25 heavy (non-hydrogen) atoms. The number of amides is 1. The molecule has 0 atom stereocenters. The molecule has 3 N–H and O–H groups in total. The molecule has 5 nitrogen and oxygen atoms in total. The number of nitrogens with two attached hydrogens (primary N) is 1. The number of benzene rings is 1. The van der Waals surface area contributed by atoms with Crippen LogP contribution < -0.4 is 11.1 Å². The van der Waals surface area contributed by atoms with Crippen molar-refractivity contribution in [1.29, 1.82) is 0 Å². The predicted octanol–water partition coefficient (Wildman–Crippen LogP) is 3.96. The van der Waals surface area contributed by atoms with Crippen LogP contribution in [0.1, 0.15) is 44.1 Å². The number of aromatic nitrogens is 1. The molecule has 1 aliphatic rings. The topological polar surface area (TPSA) is 85.1 Å². The first-order valence-corrected chi connectivity index (χ1v) is 8.97. The molecule has 126 valence electrons. The molecule has 4 rings (SSSR count). The Morgan fingerprint density at radius 2 is 2.12 bits per heavy atom. The number of hydrogen-bond acceptors (Lipinski definition) is 5. The van der Waals surface area contributed by atoms with Gasteiger partial charge in [0.2, 0.25) is 0 Å². The average molecular weight is 351 g/mol. The lowest BCUT2D eigenvalue weighted by Crippen LogP contribution is -2.12. The summed E-state index contributed by atoms with van der Waals surface area (Å²) in [5, 5.41) is 3.56. The first-order chi connectivity index (χ1) is 12.0. The van der Waals surface area contributed by atoms with Crippen molar-refractivity contribution >= 4 is 44.6 Å². The zero-order chi connectivity index (χ0) is 17.6.